The molecule has 1 aliphatic heterocycles. The molecule has 0 atom stereocenters. The Morgan fingerprint density at radius 3 is 2.30 bits per heavy atom. The summed E-state index contributed by atoms with van der Waals surface area (Å²) >= 11 is 0. The van der Waals surface area contributed by atoms with Gasteiger partial charge in [-0.3, -0.25) is 4.98 Å². The molecule has 2 heterocycles. The lowest BCUT2D eigenvalue weighted by Crippen LogP contribution is -2.36. The number of sulfonamides is 1. The molecule has 0 amide bonds. The topological polar surface area (TPSA) is 50.3 Å². The molecule has 4 nitrogen and oxygen atoms in total. The first-order chi connectivity index (χ1) is 13.1. The molecule has 0 saturated carbocycles. The van der Waals surface area contributed by atoms with Crippen molar-refractivity contribution in [2.24, 2.45) is 0 Å². The standard InChI is InChI=1S/C22H18N2O2S/c25-27(26,21-9-5-2-6-10-21)24-14-13-22-20(17-24)15-19(16-23-22)12-11-18-7-3-1-4-8-18/h1-10,15-16H,13-14,17H2. The van der Waals surface area contributed by atoms with Gasteiger partial charge in [-0.25, -0.2) is 8.42 Å². The maximum Gasteiger partial charge on any atom is 0.243 e. The van der Waals surface area contributed by atoms with E-state index in [1.54, 1.807) is 30.5 Å². The van der Waals surface area contributed by atoms with E-state index < -0.39 is 10.0 Å². The van der Waals surface area contributed by atoms with Crippen LogP contribution in [0.5, 0.6) is 0 Å². The molecule has 1 aliphatic rings. The minimum atomic E-state index is -3.50. The van der Waals surface area contributed by atoms with Crippen LogP contribution in [0.25, 0.3) is 0 Å². The quantitative estimate of drug-likeness (QED) is 0.647. The highest BCUT2D eigenvalue weighted by atomic mass is 32.2. The van der Waals surface area contributed by atoms with Gasteiger partial charge in [-0.05, 0) is 35.9 Å². The van der Waals surface area contributed by atoms with E-state index >= 15 is 0 Å². The number of benzene rings is 2. The molecule has 0 saturated heterocycles. The van der Waals surface area contributed by atoms with Gasteiger partial charge < -0.3 is 0 Å². The normalized spacial score (nSPS) is 14.1. The summed E-state index contributed by atoms with van der Waals surface area (Å²) in [5.41, 5.74) is 3.58. The number of aromatic nitrogens is 1. The Labute approximate surface area is 159 Å². The highest BCUT2D eigenvalue weighted by Gasteiger charge is 2.28. The van der Waals surface area contributed by atoms with Crippen LogP contribution in [0.3, 0.4) is 0 Å². The average Bonchev–Trinajstić information content (AvgIpc) is 2.73. The highest BCUT2D eigenvalue weighted by Crippen LogP contribution is 2.24. The highest BCUT2D eigenvalue weighted by molar-refractivity contribution is 7.89. The molecule has 0 radical (unpaired) electrons. The van der Waals surface area contributed by atoms with Crippen LogP contribution in [-0.2, 0) is 23.0 Å². The predicted molar refractivity (Wildman–Crippen MR) is 104 cm³/mol. The molecule has 0 bridgehead atoms. The van der Waals surface area contributed by atoms with Gasteiger partial charge in [0.1, 0.15) is 0 Å². The molecule has 0 fully saturated rings. The van der Waals surface area contributed by atoms with E-state index in [-0.39, 0.29) is 0 Å². The average molecular weight is 374 g/mol. The van der Waals surface area contributed by atoms with E-state index in [0.29, 0.717) is 24.4 Å². The zero-order valence-corrected chi connectivity index (χ0v) is 15.5. The summed E-state index contributed by atoms with van der Waals surface area (Å²) < 4.78 is 27.3. The van der Waals surface area contributed by atoms with Gasteiger partial charge in [0.25, 0.3) is 0 Å². The number of pyridine rings is 1. The van der Waals surface area contributed by atoms with Crippen molar-refractivity contribution in [2.75, 3.05) is 6.54 Å². The minimum Gasteiger partial charge on any atom is -0.260 e. The van der Waals surface area contributed by atoms with Crippen molar-refractivity contribution in [3.63, 3.8) is 0 Å². The summed E-state index contributed by atoms with van der Waals surface area (Å²) in [6.45, 7) is 0.757. The first-order valence-corrected chi connectivity index (χ1v) is 10.2. The molecule has 1 aromatic heterocycles. The zero-order valence-electron chi connectivity index (χ0n) is 14.7. The lowest BCUT2D eigenvalue weighted by molar-refractivity contribution is 0.387. The van der Waals surface area contributed by atoms with Crippen LogP contribution in [0, 0.1) is 11.8 Å². The SMILES string of the molecule is O=S(=O)(c1ccccc1)N1CCc2ncc(C#Cc3ccccc3)cc2C1. The monoisotopic (exact) mass is 374 g/mol. The van der Waals surface area contributed by atoms with Crippen molar-refractivity contribution in [2.45, 2.75) is 17.9 Å². The van der Waals surface area contributed by atoms with Crippen LogP contribution in [-0.4, -0.2) is 24.3 Å². The van der Waals surface area contributed by atoms with Crippen LogP contribution in [0.2, 0.25) is 0 Å². The van der Waals surface area contributed by atoms with E-state index in [1.165, 1.54) is 4.31 Å². The molecule has 5 heteroatoms. The van der Waals surface area contributed by atoms with Gasteiger partial charge in [0.05, 0.1) is 4.90 Å². The Morgan fingerprint density at radius 1 is 0.889 bits per heavy atom. The van der Waals surface area contributed by atoms with Crippen LogP contribution >= 0.6 is 0 Å². The maximum absolute atomic E-state index is 12.9. The van der Waals surface area contributed by atoms with Gasteiger partial charge in [0, 0.05) is 42.5 Å². The first-order valence-electron chi connectivity index (χ1n) is 8.73. The van der Waals surface area contributed by atoms with Crippen LogP contribution in [0.4, 0.5) is 0 Å². The largest absolute Gasteiger partial charge is 0.260 e. The van der Waals surface area contributed by atoms with Crippen LogP contribution in [0.15, 0.2) is 77.8 Å². The van der Waals surface area contributed by atoms with Crippen molar-refractivity contribution in [1.82, 2.24) is 9.29 Å². The summed E-state index contributed by atoms with van der Waals surface area (Å²) in [5.74, 6) is 6.23. The molecule has 27 heavy (non-hydrogen) atoms. The molecule has 4 rings (SSSR count). The third kappa shape index (κ3) is 3.77. The Kier molecular flexibility index (Phi) is 4.76. The number of hydrogen-bond acceptors (Lipinski definition) is 3. The second-order valence-corrected chi connectivity index (χ2v) is 8.29. The Morgan fingerprint density at radius 2 is 1.56 bits per heavy atom. The van der Waals surface area contributed by atoms with Crippen molar-refractivity contribution in [3.05, 3.63) is 95.3 Å². The molecule has 0 unspecified atom stereocenters. The molecule has 2 aromatic carbocycles. The molecule has 3 aromatic rings. The van der Waals surface area contributed by atoms with Crippen LogP contribution < -0.4 is 0 Å². The molecular weight excluding hydrogens is 356 g/mol. The molecular formula is C22H18N2O2S. The van der Waals surface area contributed by atoms with Gasteiger partial charge in [-0.1, -0.05) is 48.2 Å². The molecule has 134 valence electrons. The van der Waals surface area contributed by atoms with Gasteiger partial charge in [0.2, 0.25) is 10.0 Å². The molecule has 0 spiro atoms. The third-order valence-corrected chi connectivity index (χ3v) is 6.37. The van der Waals surface area contributed by atoms with E-state index in [4.69, 9.17) is 0 Å². The van der Waals surface area contributed by atoms with E-state index in [2.05, 4.69) is 16.8 Å². The fraction of sp³-hybridized carbons (Fsp3) is 0.136. The van der Waals surface area contributed by atoms with E-state index in [0.717, 1.165) is 22.4 Å². The number of nitrogens with zero attached hydrogens (tertiary/aromatic N) is 2. The Balaban J connectivity index is 1.60. The zero-order chi connectivity index (χ0) is 18.7. The summed E-state index contributed by atoms with van der Waals surface area (Å²) in [7, 11) is -3.50. The first kappa shape index (κ1) is 17.5. The summed E-state index contributed by atoms with van der Waals surface area (Å²) in [4.78, 5) is 4.82. The fourth-order valence-corrected chi connectivity index (χ4v) is 4.52. The van der Waals surface area contributed by atoms with Crippen molar-refractivity contribution >= 4 is 10.0 Å². The molecule has 0 aliphatic carbocycles. The van der Waals surface area contributed by atoms with E-state index in [9.17, 15) is 8.42 Å². The van der Waals surface area contributed by atoms with Gasteiger partial charge in [-0.15, -0.1) is 0 Å². The summed E-state index contributed by atoms with van der Waals surface area (Å²) in [5, 5.41) is 0. The Bertz CT molecular complexity index is 1120. The van der Waals surface area contributed by atoms with Crippen molar-refractivity contribution in [1.29, 1.82) is 0 Å². The number of hydrogen-bond donors (Lipinski definition) is 0. The Hall–Kier alpha value is -2.94. The fourth-order valence-electron chi connectivity index (χ4n) is 3.08. The lowest BCUT2D eigenvalue weighted by atomic mass is 10.1. The minimum absolute atomic E-state index is 0.320. The van der Waals surface area contributed by atoms with Gasteiger partial charge in [-0.2, -0.15) is 4.31 Å². The molecule has 0 N–H and O–H groups in total. The van der Waals surface area contributed by atoms with Gasteiger partial charge in [0.15, 0.2) is 0 Å². The lowest BCUT2D eigenvalue weighted by Gasteiger charge is -2.27. The summed E-state index contributed by atoms with van der Waals surface area (Å²) in [6.07, 6.45) is 2.36. The smallest absolute Gasteiger partial charge is 0.243 e. The second kappa shape index (κ2) is 7.36. The number of rotatable bonds is 2. The predicted octanol–water partition coefficient (Wildman–Crippen LogP) is 3.23. The maximum atomic E-state index is 12.9. The second-order valence-electron chi connectivity index (χ2n) is 6.35. The number of fused-ring (bicyclic) bond motifs is 1. The van der Waals surface area contributed by atoms with E-state index in [1.807, 2.05) is 42.5 Å². The third-order valence-electron chi connectivity index (χ3n) is 4.51. The van der Waals surface area contributed by atoms with Crippen molar-refractivity contribution < 1.29 is 8.42 Å². The van der Waals surface area contributed by atoms with Crippen molar-refractivity contribution in [3.8, 4) is 11.8 Å². The summed E-state index contributed by atoms with van der Waals surface area (Å²) in [6, 6.07) is 20.2. The van der Waals surface area contributed by atoms with Gasteiger partial charge >= 0.3 is 0 Å². The van der Waals surface area contributed by atoms with Crippen LogP contribution in [0.1, 0.15) is 22.4 Å².